The molecule has 0 heterocycles. The van der Waals surface area contributed by atoms with E-state index >= 15 is 0 Å². The van der Waals surface area contributed by atoms with E-state index in [0.29, 0.717) is 11.3 Å². The normalized spacial score (nSPS) is 11.7. The van der Waals surface area contributed by atoms with Gasteiger partial charge in [-0.1, -0.05) is 0 Å². The zero-order valence-electron chi connectivity index (χ0n) is 11.4. The summed E-state index contributed by atoms with van der Waals surface area (Å²) in [6.45, 7) is 1.73. The van der Waals surface area contributed by atoms with Gasteiger partial charge in [0.15, 0.2) is 0 Å². The van der Waals surface area contributed by atoms with E-state index in [0.717, 1.165) is 5.69 Å². The second-order valence-electron chi connectivity index (χ2n) is 4.72. The van der Waals surface area contributed by atoms with Crippen LogP contribution < -0.4 is 21.7 Å². The number of nitrogens with zero attached hydrogens (tertiary/aromatic N) is 1. The summed E-state index contributed by atoms with van der Waals surface area (Å²) in [4.78, 5) is 24.8. The predicted molar refractivity (Wildman–Crippen MR) is 75.9 cm³/mol. The van der Waals surface area contributed by atoms with Crippen molar-refractivity contribution in [3.63, 3.8) is 0 Å². The first-order valence-corrected chi connectivity index (χ1v) is 5.97. The van der Waals surface area contributed by atoms with E-state index in [9.17, 15) is 9.59 Å². The van der Waals surface area contributed by atoms with Crippen LogP contribution in [0.4, 0.5) is 11.4 Å². The van der Waals surface area contributed by atoms with E-state index in [2.05, 4.69) is 5.32 Å². The molecule has 0 aliphatic heterocycles. The highest BCUT2D eigenvalue weighted by atomic mass is 16.2. The van der Waals surface area contributed by atoms with Gasteiger partial charge in [-0.3, -0.25) is 9.59 Å². The largest absolute Gasteiger partial charge is 0.399 e. The fourth-order valence-electron chi connectivity index (χ4n) is 1.78. The Morgan fingerprint density at radius 3 is 2.53 bits per heavy atom. The molecule has 0 aromatic heterocycles. The van der Waals surface area contributed by atoms with Crippen molar-refractivity contribution in [2.75, 3.05) is 24.7 Å². The van der Waals surface area contributed by atoms with Gasteiger partial charge in [-0.2, -0.15) is 0 Å². The number of nitrogens with two attached hydrogens (primary N) is 2. The van der Waals surface area contributed by atoms with Crippen LogP contribution in [0, 0.1) is 0 Å². The first-order chi connectivity index (χ1) is 8.81. The lowest BCUT2D eigenvalue weighted by Gasteiger charge is -2.19. The topological polar surface area (TPSA) is 101 Å². The molecular weight excluding hydrogens is 244 g/mol. The van der Waals surface area contributed by atoms with E-state index in [-0.39, 0.29) is 18.4 Å². The minimum Gasteiger partial charge on any atom is -0.399 e. The molecule has 0 spiro atoms. The minimum absolute atomic E-state index is 0.103. The van der Waals surface area contributed by atoms with Gasteiger partial charge in [-0.05, 0) is 25.1 Å². The number of anilines is 2. The average Bonchev–Trinajstić information content (AvgIpc) is 2.26. The number of rotatable bonds is 5. The lowest BCUT2D eigenvalue weighted by Crippen LogP contribution is -2.36. The highest BCUT2D eigenvalue weighted by molar-refractivity contribution is 6.01. The fraction of sp³-hybridized carbons (Fsp3) is 0.385. The zero-order valence-corrected chi connectivity index (χ0v) is 11.4. The standard InChI is InChI=1S/C13H20N4O2/c1-8(6-12(15)18)16-13(19)10-7-9(14)4-5-11(10)17(2)3/h4-5,7-8H,6,14H2,1-3H3,(H2,15,18)(H,16,19). The first kappa shape index (κ1) is 14.8. The molecule has 0 aliphatic carbocycles. The molecule has 6 nitrogen and oxygen atoms in total. The lowest BCUT2D eigenvalue weighted by atomic mass is 10.1. The van der Waals surface area contributed by atoms with Crippen LogP contribution in [0.25, 0.3) is 0 Å². The van der Waals surface area contributed by atoms with Gasteiger partial charge in [-0.15, -0.1) is 0 Å². The molecule has 0 saturated heterocycles. The maximum atomic E-state index is 12.2. The van der Waals surface area contributed by atoms with Crippen LogP contribution in [0.2, 0.25) is 0 Å². The molecule has 1 aromatic rings. The summed E-state index contributed by atoms with van der Waals surface area (Å²) in [7, 11) is 3.68. The molecular formula is C13H20N4O2. The number of carbonyl (C=O) groups is 2. The summed E-state index contributed by atoms with van der Waals surface area (Å²) in [5.74, 6) is -0.724. The Kier molecular flexibility index (Phi) is 4.74. The molecule has 19 heavy (non-hydrogen) atoms. The number of amides is 2. The van der Waals surface area contributed by atoms with Crippen molar-refractivity contribution in [1.29, 1.82) is 0 Å². The zero-order chi connectivity index (χ0) is 14.6. The van der Waals surface area contributed by atoms with Gasteiger partial charge in [0.2, 0.25) is 5.91 Å². The molecule has 1 aromatic carbocycles. The number of benzene rings is 1. The number of nitrogen functional groups attached to an aromatic ring is 1. The number of hydrogen-bond acceptors (Lipinski definition) is 4. The Balaban J connectivity index is 2.92. The van der Waals surface area contributed by atoms with Gasteiger partial charge >= 0.3 is 0 Å². The summed E-state index contributed by atoms with van der Waals surface area (Å²) in [5.41, 5.74) is 12.5. The van der Waals surface area contributed by atoms with Crippen molar-refractivity contribution >= 4 is 23.2 Å². The van der Waals surface area contributed by atoms with E-state index in [4.69, 9.17) is 11.5 Å². The van der Waals surface area contributed by atoms with Crippen molar-refractivity contribution in [1.82, 2.24) is 5.32 Å². The monoisotopic (exact) mass is 264 g/mol. The smallest absolute Gasteiger partial charge is 0.253 e. The van der Waals surface area contributed by atoms with Gasteiger partial charge in [0.05, 0.1) is 5.56 Å². The number of carbonyl (C=O) groups excluding carboxylic acids is 2. The Morgan fingerprint density at radius 1 is 1.37 bits per heavy atom. The van der Waals surface area contributed by atoms with Gasteiger partial charge in [0, 0.05) is 37.9 Å². The second kappa shape index (κ2) is 6.08. The maximum Gasteiger partial charge on any atom is 0.253 e. The predicted octanol–water partition coefficient (Wildman–Crippen LogP) is 0.329. The van der Waals surface area contributed by atoms with Crippen molar-refractivity contribution < 1.29 is 9.59 Å². The number of hydrogen-bond donors (Lipinski definition) is 3. The minimum atomic E-state index is -0.451. The van der Waals surface area contributed by atoms with E-state index < -0.39 is 5.91 Å². The Morgan fingerprint density at radius 2 is 2.00 bits per heavy atom. The average molecular weight is 264 g/mol. The van der Waals surface area contributed by atoms with Crippen LogP contribution in [0.1, 0.15) is 23.7 Å². The first-order valence-electron chi connectivity index (χ1n) is 5.97. The molecule has 5 N–H and O–H groups in total. The van der Waals surface area contributed by atoms with Crippen molar-refractivity contribution in [2.24, 2.45) is 5.73 Å². The Hall–Kier alpha value is -2.24. The second-order valence-corrected chi connectivity index (χ2v) is 4.72. The van der Waals surface area contributed by atoms with Crippen LogP contribution in [0.5, 0.6) is 0 Å². The van der Waals surface area contributed by atoms with Crippen LogP contribution in [-0.4, -0.2) is 32.0 Å². The van der Waals surface area contributed by atoms with Crippen LogP contribution in [0.3, 0.4) is 0 Å². The van der Waals surface area contributed by atoms with Gasteiger partial charge in [0.25, 0.3) is 5.91 Å². The molecule has 0 radical (unpaired) electrons. The summed E-state index contributed by atoms with van der Waals surface area (Å²) >= 11 is 0. The van der Waals surface area contributed by atoms with Crippen molar-refractivity contribution in [3.8, 4) is 0 Å². The Labute approximate surface area is 112 Å². The highest BCUT2D eigenvalue weighted by Crippen LogP contribution is 2.21. The van der Waals surface area contributed by atoms with Gasteiger partial charge in [0.1, 0.15) is 0 Å². The summed E-state index contributed by atoms with van der Waals surface area (Å²) in [5, 5.41) is 2.73. The van der Waals surface area contributed by atoms with Crippen molar-refractivity contribution in [3.05, 3.63) is 23.8 Å². The highest BCUT2D eigenvalue weighted by Gasteiger charge is 2.16. The lowest BCUT2D eigenvalue weighted by molar-refractivity contribution is -0.118. The third kappa shape index (κ3) is 4.17. The van der Waals surface area contributed by atoms with E-state index in [1.54, 1.807) is 25.1 Å². The van der Waals surface area contributed by atoms with Crippen LogP contribution >= 0.6 is 0 Å². The van der Waals surface area contributed by atoms with Crippen molar-refractivity contribution in [2.45, 2.75) is 19.4 Å². The third-order valence-electron chi connectivity index (χ3n) is 2.63. The molecule has 6 heteroatoms. The maximum absolute atomic E-state index is 12.2. The molecule has 1 atom stereocenters. The molecule has 1 unspecified atom stereocenters. The van der Waals surface area contributed by atoms with Crippen LogP contribution in [0.15, 0.2) is 18.2 Å². The number of nitrogens with one attached hydrogen (secondary N) is 1. The number of primary amides is 1. The third-order valence-corrected chi connectivity index (χ3v) is 2.63. The molecule has 1 rings (SSSR count). The summed E-state index contributed by atoms with van der Waals surface area (Å²) < 4.78 is 0. The SMILES string of the molecule is CC(CC(N)=O)NC(=O)c1cc(N)ccc1N(C)C. The molecule has 2 amide bonds. The van der Waals surface area contributed by atoms with Gasteiger partial charge in [-0.25, -0.2) is 0 Å². The Bertz CT molecular complexity index is 486. The molecule has 104 valence electrons. The van der Waals surface area contributed by atoms with Crippen LogP contribution in [-0.2, 0) is 4.79 Å². The molecule has 0 aliphatic rings. The quantitative estimate of drug-likeness (QED) is 0.667. The van der Waals surface area contributed by atoms with E-state index in [1.807, 2.05) is 19.0 Å². The molecule has 0 saturated carbocycles. The summed E-state index contributed by atoms with van der Waals surface area (Å²) in [6, 6.07) is 4.81. The van der Waals surface area contributed by atoms with E-state index in [1.165, 1.54) is 0 Å². The molecule has 0 fully saturated rings. The summed E-state index contributed by atoms with van der Waals surface area (Å²) in [6.07, 6.45) is 0.103. The fourth-order valence-corrected chi connectivity index (χ4v) is 1.78. The molecule has 0 bridgehead atoms. The van der Waals surface area contributed by atoms with Gasteiger partial charge < -0.3 is 21.7 Å².